The maximum absolute atomic E-state index is 12.2. The van der Waals surface area contributed by atoms with Gasteiger partial charge in [-0.1, -0.05) is 24.3 Å². The Kier molecular flexibility index (Phi) is 4.29. The van der Waals surface area contributed by atoms with Crippen LogP contribution in [-0.2, 0) is 6.54 Å². The van der Waals surface area contributed by atoms with Crippen LogP contribution in [0.1, 0.15) is 27.2 Å². The smallest absolute Gasteiger partial charge is 0.273 e. The molecule has 0 aliphatic heterocycles. The number of hydrogen-bond acceptors (Lipinski definition) is 4. The van der Waals surface area contributed by atoms with E-state index in [0.29, 0.717) is 6.54 Å². The predicted octanol–water partition coefficient (Wildman–Crippen LogP) is 2.52. The Hall–Kier alpha value is -3.15. The molecule has 2 N–H and O–H groups in total. The molecule has 1 amide bonds. The van der Waals surface area contributed by atoms with Crippen molar-refractivity contribution in [3.05, 3.63) is 71.0 Å². The number of amides is 1. The van der Waals surface area contributed by atoms with Gasteiger partial charge in [0.1, 0.15) is 5.75 Å². The molecule has 0 spiro atoms. The van der Waals surface area contributed by atoms with E-state index >= 15 is 0 Å². The zero-order valence-corrected chi connectivity index (χ0v) is 13.5. The minimum atomic E-state index is -0.309. The van der Waals surface area contributed by atoms with E-state index in [1.807, 2.05) is 44.2 Å². The highest BCUT2D eigenvalue weighted by molar-refractivity contribution is 5.91. The van der Waals surface area contributed by atoms with E-state index in [1.54, 1.807) is 12.1 Å². The highest BCUT2D eigenvalue weighted by Gasteiger charge is 2.12. The number of nitrogens with zero attached hydrogens (tertiary/aromatic N) is 3. The molecule has 1 heterocycles. The molecule has 122 valence electrons. The maximum atomic E-state index is 12.2. The molecule has 6 nitrogen and oxygen atoms in total. The Balaban J connectivity index is 1.71. The standard InChI is InChI=1S/C18H18N4O2/c1-12-5-3-7-15(9-12)22-20-11-16(21-22)18(24)19-10-14-6-4-8-17(23)13(14)2/h3-9,11,23H,10H2,1-2H3,(H,19,24). The van der Waals surface area contributed by atoms with Crippen molar-refractivity contribution >= 4 is 5.91 Å². The normalized spacial score (nSPS) is 10.6. The van der Waals surface area contributed by atoms with Gasteiger partial charge in [0.15, 0.2) is 5.69 Å². The van der Waals surface area contributed by atoms with Crippen LogP contribution in [0.2, 0.25) is 0 Å². The summed E-state index contributed by atoms with van der Waals surface area (Å²) in [6.45, 7) is 4.11. The third-order valence-electron chi connectivity index (χ3n) is 3.81. The van der Waals surface area contributed by atoms with Gasteiger partial charge >= 0.3 is 0 Å². The van der Waals surface area contributed by atoms with Crippen molar-refractivity contribution in [2.75, 3.05) is 0 Å². The summed E-state index contributed by atoms with van der Waals surface area (Å²) in [6.07, 6.45) is 1.44. The molecule has 6 heteroatoms. The quantitative estimate of drug-likeness (QED) is 0.773. The second kappa shape index (κ2) is 6.54. The second-order valence-corrected chi connectivity index (χ2v) is 5.60. The number of aromatic hydroxyl groups is 1. The Morgan fingerprint density at radius 3 is 2.79 bits per heavy atom. The fraction of sp³-hybridized carbons (Fsp3) is 0.167. The van der Waals surface area contributed by atoms with Crippen molar-refractivity contribution in [3.8, 4) is 11.4 Å². The molecule has 0 fully saturated rings. The lowest BCUT2D eigenvalue weighted by molar-refractivity contribution is 0.0945. The number of rotatable bonds is 4. The van der Waals surface area contributed by atoms with E-state index < -0.39 is 0 Å². The van der Waals surface area contributed by atoms with Crippen molar-refractivity contribution < 1.29 is 9.90 Å². The van der Waals surface area contributed by atoms with Crippen molar-refractivity contribution in [1.29, 1.82) is 0 Å². The van der Waals surface area contributed by atoms with Crippen LogP contribution in [0.25, 0.3) is 5.69 Å². The summed E-state index contributed by atoms with van der Waals surface area (Å²) in [5.41, 5.74) is 3.75. The van der Waals surface area contributed by atoms with Crippen molar-refractivity contribution in [2.45, 2.75) is 20.4 Å². The number of benzene rings is 2. The Morgan fingerprint density at radius 2 is 2.00 bits per heavy atom. The first-order valence-corrected chi connectivity index (χ1v) is 7.59. The third-order valence-corrected chi connectivity index (χ3v) is 3.81. The minimum absolute atomic E-state index is 0.215. The zero-order chi connectivity index (χ0) is 17.1. The Bertz CT molecular complexity index is 886. The van der Waals surface area contributed by atoms with Crippen LogP contribution < -0.4 is 5.32 Å². The minimum Gasteiger partial charge on any atom is -0.508 e. The topological polar surface area (TPSA) is 80.0 Å². The van der Waals surface area contributed by atoms with Crippen LogP contribution in [0.4, 0.5) is 0 Å². The molecule has 0 bridgehead atoms. The summed E-state index contributed by atoms with van der Waals surface area (Å²) in [5.74, 6) is -0.0937. The SMILES string of the molecule is Cc1cccc(-n2ncc(C(=O)NCc3cccc(O)c3C)n2)c1. The predicted molar refractivity (Wildman–Crippen MR) is 90.1 cm³/mol. The van der Waals surface area contributed by atoms with Gasteiger partial charge in [0.2, 0.25) is 0 Å². The van der Waals surface area contributed by atoms with Gasteiger partial charge in [0.25, 0.3) is 5.91 Å². The molecule has 0 atom stereocenters. The van der Waals surface area contributed by atoms with Gasteiger partial charge in [0, 0.05) is 6.54 Å². The lowest BCUT2D eigenvalue weighted by Crippen LogP contribution is -2.23. The van der Waals surface area contributed by atoms with E-state index in [9.17, 15) is 9.90 Å². The molecule has 3 rings (SSSR count). The van der Waals surface area contributed by atoms with Crippen molar-refractivity contribution in [3.63, 3.8) is 0 Å². The number of nitrogens with one attached hydrogen (secondary N) is 1. The van der Waals surface area contributed by atoms with Gasteiger partial charge in [-0.15, -0.1) is 5.10 Å². The molecule has 0 saturated carbocycles. The molecule has 2 aromatic carbocycles. The maximum Gasteiger partial charge on any atom is 0.273 e. The average molecular weight is 322 g/mol. The molecular formula is C18H18N4O2. The van der Waals surface area contributed by atoms with Crippen LogP contribution in [0.3, 0.4) is 0 Å². The summed E-state index contributed by atoms with van der Waals surface area (Å²) in [4.78, 5) is 13.7. The van der Waals surface area contributed by atoms with Crippen LogP contribution in [0.15, 0.2) is 48.7 Å². The number of carbonyl (C=O) groups excluding carboxylic acids is 1. The summed E-state index contributed by atoms with van der Waals surface area (Å²) in [5, 5.41) is 20.8. The van der Waals surface area contributed by atoms with E-state index in [4.69, 9.17) is 0 Å². The van der Waals surface area contributed by atoms with E-state index in [-0.39, 0.29) is 17.4 Å². The van der Waals surface area contributed by atoms with Gasteiger partial charge in [-0.05, 0) is 48.7 Å². The van der Waals surface area contributed by atoms with Crippen LogP contribution in [0.5, 0.6) is 5.75 Å². The zero-order valence-electron chi connectivity index (χ0n) is 13.5. The molecule has 0 radical (unpaired) electrons. The first-order valence-electron chi connectivity index (χ1n) is 7.59. The number of phenolic OH excluding ortho intramolecular Hbond substituents is 1. The fourth-order valence-electron chi connectivity index (χ4n) is 2.37. The molecule has 0 saturated heterocycles. The molecule has 0 aliphatic rings. The molecule has 0 unspecified atom stereocenters. The summed E-state index contributed by atoms with van der Waals surface area (Å²) >= 11 is 0. The van der Waals surface area contributed by atoms with Crippen LogP contribution >= 0.6 is 0 Å². The average Bonchev–Trinajstić information content (AvgIpc) is 3.06. The summed E-state index contributed by atoms with van der Waals surface area (Å²) in [7, 11) is 0. The van der Waals surface area contributed by atoms with Crippen molar-refractivity contribution in [2.24, 2.45) is 0 Å². The molecule has 24 heavy (non-hydrogen) atoms. The summed E-state index contributed by atoms with van der Waals surface area (Å²) < 4.78 is 0. The monoisotopic (exact) mass is 322 g/mol. The van der Waals surface area contributed by atoms with E-state index in [1.165, 1.54) is 11.0 Å². The Labute approximate surface area is 139 Å². The largest absolute Gasteiger partial charge is 0.508 e. The lowest BCUT2D eigenvalue weighted by Gasteiger charge is -2.08. The fourth-order valence-corrected chi connectivity index (χ4v) is 2.37. The first kappa shape index (κ1) is 15.7. The van der Waals surface area contributed by atoms with E-state index in [0.717, 1.165) is 22.4 Å². The summed E-state index contributed by atoms with van der Waals surface area (Å²) in [6, 6.07) is 12.9. The van der Waals surface area contributed by atoms with Gasteiger partial charge in [0.05, 0.1) is 11.9 Å². The third kappa shape index (κ3) is 3.27. The van der Waals surface area contributed by atoms with Gasteiger partial charge in [-0.2, -0.15) is 9.90 Å². The molecular weight excluding hydrogens is 304 g/mol. The number of aryl methyl sites for hydroxylation is 1. The number of phenols is 1. The number of aromatic nitrogens is 3. The lowest BCUT2D eigenvalue weighted by atomic mass is 10.1. The highest BCUT2D eigenvalue weighted by atomic mass is 16.3. The number of carbonyl (C=O) groups is 1. The van der Waals surface area contributed by atoms with Crippen LogP contribution in [-0.4, -0.2) is 26.0 Å². The highest BCUT2D eigenvalue weighted by Crippen LogP contribution is 2.19. The second-order valence-electron chi connectivity index (χ2n) is 5.60. The molecule has 1 aromatic heterocycles. The van der Waals surface area contributed by atoms with Crippen molar-refractivity contribution in [1.82, 2.24) is 20.3 Å². The van der Waals surface area contributed by atoms with Gasteiger partial charge < -0.3 is 10.4 Å². The molecule has 3 aromatic rings. The van der Waals surface area contributed by atoms with Crippen LogP contribution in [0, 0.1) is 13.8 Å². The van der Waals surface area contributed by atoms with Gasteiger partial charge in [-0.3, -0.25) is 4.79 Å². The van der Waals surface area contributed by atoms with Gasteiger partial charge in [-0.25, -0.2) is 0 Å². The van der Waals surface area contributed by atoms with E-state index in [2.05, 4.69) is 15.5 Å². The molecule has 0 aliphatic carbocycles. The first-order chi connectivity index (χ1) is 11.5. The Morgan fingerprint density at radius 1 is 1.21 bits per heavy atom. The number of hydrogen-bond donors (Lipinski definition) is 2.